The maximum Gasteiger partial charge on any atom is 0.308 e. The highest BCUT2D eigenvalue weighted by Gasteiger charge is 2.06. The zero-order valence-corrected chi connectivity index (χ0v) is 8.65. The van der Waals surface area contributed by atoms with Crippen molar-refractivity contribution >= 4 is 11.9 Å². The first kappa shape index (κ1) is 11.2. The van der Waals surface area contributed by atoms with Gasteiger partial charge in [-0.05, 0) is 6.07 Å². The maximum atomic E-state index is 10.8. The molecule has 0 fully saturated rings. The number of para-hydroxylation sites is 1. The van der Waals surface area contributed by atoms with Crippen LogP contribution in [0.3, 0.4) is 0 Å². The van der Waals surface area contributed by atoms with Gasteiger partial charge in [-0.15, -0.1) is 0 Å². The van der Waals surface area contributed by atoms with Crippen molar-refractivity contribution in [1.82, 2.24) is 0 Å². The minimum atomic E-state index is -0.398. The van der Waals surface area contributed by atoms with E-state index in [1.165, 1.54) is 13.8 Å². The molecule has 4 nitrogen and oxygen atoms in total. The van der Waals surface area contributed by atoms with Crippen molar-refractivity contribution in [1.29, 1.82) is 0 Å². The number of hydrogen-bond donors (Lipinski definition) is 0. The van der Waals surface area contributed by atoms with Gasteiger partial charge in [0, 0.05) is 19.4 Å². The van der Waals surface area contributed by atoms with Crippen molar-refractivity contribution in [2.24, 2.45) is 0 Å². The summed E-state index contributed by atoms with van der Waals surface area (Å²) in [6.07, 6.45) is 0. The van der Waals surface area contributed by atoms with Crippen LogP contribution in [0.5, 0.6) is 5.75 Å². The Morgan fingerprint density at radius 2 is 1.80 bits per heavy atom. The molecule has 0 bridgehead atoms. The molecule has 0 aromatic heterocycles. The number of esters is 2. The number of carbonyl (C=O) groups excluding carboxylic acids is 2. The SMILES string of the molecule is CC(=O)OCc1ccccc1OC(C)=O. The summed E-state index contributed by atoms with van der Waals surface area (Å²) in [5, 5.41) is 0. The number of ether oxygens (including phenoxy) is 2. The predicted molar refractivity (Wildman–Crippen MR) is 53.2 cm³/mol. The summed E-state index contributed by atoms with van der Waals surface area (Å²) in [6.45, 7) is 2.76. The van der Waals surface area contributed by atoms with Crippen LogP contribution >= 0.6 is 0 Å². The van der Waals surface area contributed by atoms with Crippen LogP contribution in [0.25, 0.3) is 0 Å². The Morgan fingerprint density at radius 3 is 2.40 bits per heavy atom. The highest BCUT2D eigenvalue weighted by atomic mass is 16.5. The fourth-order valence-electron chi connectivity index (χ4n) is 1.06. The Kier molecular flexibility index (Phi) is 3.85. The molecule has 4 heteroatoms. The van der Waals surface area contributed by atoms with Gasteiger partial charge in [0.1, 0.15) is 12.4 Å². The molecule has 0 N–H and O–H groups in total. The van der Waals surface area contributed by atoms with Crippen LogP contribution in [0.15, 0.2) is 24.3 Å². The minimum absolute atomic E-state index is 0.110. The molecule has 0 heterocycles. The second kappa shape index (κ2) is 5.14. The van der Waals surface area contributed by atoms with Crippen molar-refractivity contribution in [3.8, 4) is 5.75 Å². The Hall–Kier alpha value is -1.84. The third-order valence-corrected chi connectivity index (χ3v) is 1.66. The van der Waals surface area contributed by atoms with Crippen LogP contribution in [0.2, 0.25) is 0 Å². The molecule has 0 radical (unpaired) electrons. The van der Waals surface area contributed by atoms with Crippen LogP contribution < -0.4 is 4.74 Å². The number of benzene rings is 1. The van der Waals surface area contributed by atoms with E-state index in [2.05, 4.69) is 0 Å². The monoisotopic (exact) mass is 208 g/mol. The van der Waals surface area contributed by atoms with Crippen LogP contribution in [0.1, 0.15) is 19.4 Å². The molecular weight excluding hydrogens is 196 g/mol. The molecule has 0 unspecified atom stereocenters. The lowest BCUT2D eigenvalue weighted by Crippen LogP contribution is -2.06. The quantitative estimate of drug-likeness (QED) is 0.560. The summed E-state index contributed by atoms with van der Waals surface area (Å²) in [6, 6.07) is 6.92. The molecule has 0 saturated carbocycles. The highest BCUT2D eigenvalue weighted by molar-refractivity contribution is 5.70. The summed E-state index contributed by atoms with van der Waals surface area (Å²) in [5.74, 6) is -0.343. The van der Waals surface area contributed by atoms with E-state index in [0.29, 0.717) is 11.3 Å². The van der Waals surface area contributed by atoms with Gasteiger partial charge < -0.3 is 9.47 Å². The normalized spacial score (nSPS) is 9.47. The lowest BCUT2D eigenvalue weighted by atomic mass is 10.2. The van der Waals surface area contributed by atoms with Crippen LogP contribution in [-0.4, -0.2) is 11.9 Å². The fraction of sp³-hybridized carbons (Fsp3) is 0.273. The Labute approximate surface area is 87.8 Å². The van der Waals surface area contributed by atoms with Gasteiger partial charge in [0.25, 0.3) is 0 Å². The van der Waals surface area contributed by atoms with E-state index >= 15 is 0 Å². The first-order valence-corrected chi connectivity index (χ1v) is 4.49. The molecule has 15 heavy (non-hydrogen) atoms. The average molecular weight is 208 g/mol. The van der Waals surface area contributed by atoms with Gasteiger partial charge in [0.05, 0.1) is 0 Å². The third-order valence-electron chi connectivity index (χ3n) is 1.66. The lowest BCUT2D eigenvalue weighted by molar-refractivity contribution is -0.142. The molecule has 0 atom stereocenters. The van der Waals surface area contributed by atoms with Gasteiger partial charge in [-0.1, -0.05) is 18.2 Å². The van der Waals surface area contributed by atoms with E-state index in [4.69, 9.17) is 9.47 Å². The molecule has 1 rings (SSSR count). The highest BCUT2D eigenvalue weighted by Crippen LogP contribution is 2.18. The molecule has 0 aliphatic heterocycles. The summed E-state index contributed by atoms with van der Waals surface area (Å²) in [4.78, 5) is 21.4. The van der Waals surface area contributed by atoms with Gasteiger partial charge in [0.15, 0.2) is 0 Å². The molecule has 0 saturated heterocycles. The van der Waals surface area contributed by atoms with Crippen molar-refractivity contribution in [2.45, 2.75) is 20.5 Å². The topological polar surface area (TPSA) is 52.6 Å². The summed E-state index contributed by atoms with van der Waals surface area (Å²) in [7, 11) is 0. The minimum Gasteiger partial charge on any atom is -0.461 e. The molecule has 1 aromatic carbocycles. The number of rotatable bonds is 3. The van der Waals surface area contributed by atoms with Crippen LogP contribution in [-0.2, 0) is 20.9 Å². The van der Waals surface area contributed by atoms with E-state index in [9.17, 15) is 9.59 Å². The van der Waals surface area contributed by atoms with Crippen molar-refractivity contribution in [3.63, 3.8) is 0 Å². The lowest BCUT2D eigenvalue weighted by Gasteiger charge is -2.08. The Bertz CT molecular complexity index is 371. The van der Waals surface area contributed by atoms with Crippen molar-refractivity contribution in [2.75, 3.05) is 0 Å². The van der Waals surface area contributed by atoms with E-state index in [1.807, 2.05) is 0 Å². The van der Waals surface area contributed by atoms with E-state index in [-0.39, 0.29) is 12.6 Å². The van der Waals surface area contributed by atoms with E-state index in [0.717, 1.165) is 0 Å². The third kappa shape index (κ3) is 3.81. The molecule has 0 aliphatic rings. The molecule has 0 spiro atoms. The smallest absolute Gasteiger partial charge is 0.308 e. The molecule has 1 aromatic rings. The van der Waals surface area contributed by atoms with Crippen molar-refractivity contribution in [3.05, 3.63) is 29.8 Å². The first-order chi connectivity index (χ1) is 7.09. The van der Waals surface area contributed by atoms with Gasteiger partial charge in [-0.3, -0.25) is 9.59 Å². The predicted octanol–water partition coefficient (Wildman–Crippen LogP) is 1.68. The average Bonchev–Trinajstić information content (AvgIpc) is 2.15. The van der Waals surface area contributed by atoms with Crippen LogP contribution in [0.4, 0.5) is 0 Å². The molecule has 0 aliphatic carbocycles. The van der Waals surface area contributed by atoms with Gasteiger partial charge in [-0.25, -0.2) is 0 Å². The zero-order valence-electron chi connectivity index (χ0n) is 8.65. The standard InChI is InChI=1S/C11H12O4/c1-8(12)14-7-10-5-3-4-6-11(10)15-9(2)13/h3-6H,7H2,1-2H3. The molecular formula is C11H12O4. The molecule has 0 amide bonds. The summed E-state index contributed by atoms with van der Waals surface area (Å²) >= 11 is 0. The van der Waals surface area contributed by atoms with E-state index < -0.39 is 5.97 Å². The van der Waals surface area contributed by atoms with Crippen molar-refractivity contribution < 1.29 is 19.1 Å². The second-order valence-corrected chi connectivity index (χ2v) is 2.98. The number of hydrogen-bond acceptors (Lipinski definition) is 4. The number of carbonyl (C=O) groups is 2. The Morgan fingerprint density at radius 1 is 1.13 bits per heavy atom. The van der Waals surface area contributed by atoms with Gasteiger partial charge in [0.2, 0.25) is 0 Å². The summed E-state index contributed by atoms with van der Waals surface area (Å²) < 4.78 is 9.77. The summed E-state index contributed by atoms with van der Waals surface area (Å²) in [5.41, 5.74) is 0.669. The molecule has 80 valence electrons. The second-order valence-electron chi connectivity index (χ2n) is 2.98. The maximum absolute atomic E-state index is 10.8. The zero-order chi connectivity index (χ0) is 11.3. The largest absolute Gasteiger partial charge is 0.461 e. The van der Waals surface area contributed by atoms with Gasteiger partial charge in [-0.2, -0.15) is 0 Å². The Balaban J connectivity index is 2.76. The van der Waals surface area contributed by atoms with E-state index in [1.54, 1.807) is 24.3 Å². The van der Waals surface area contributed by atoms with Crippen LogP contribution in [0, 0.1) is 0 Å². The van der Waals surface area contributed by atoms with Gasteiger partial charge >= 0.3 is 11.9 Å². The first-order valence-electron chi connectivity index (χ1n) is 4.49. The fourth-order valence-corrected chi connectivity index (χ4v) is 1.06.